The number of nitrogens with zero attached hydrogens (tertiary/aromatic N) is 1. The molecule has 0 bridgehead atoms. The number of aromatic hydroxyl groups is 1. The zero-order chi connectivity index (χ0) is 22.9. The van der Waals surface area contributed by atoms with Crippen molar-refractivity contribution < 1.29 is 23.1 Å². The van der Waals surface area contributed by atoms with Gasteiger partial charge in [-0.05, 0) is 19.1 Å². The average molecular weight is 456 g/mol. The molecular formula is C23H18F2N2O4S. The maximum atomic E-state index is 14.6. The van der Waals surface area contributed by atoms with Gasteiger partial charge >= 0.3 is 10.8 Å². The van der Waals surface area contributed by atoms with Crippen molar-refractivity contribution in [1.82, 2.24) is 9.97 Å². The normalized spacial score (nSPS) is 11.6. The van der Waals surface area contributed by atoms with Crippen LogP contribution in [0.1, 0.15) is 38.7 Å². The number of carbonyl (C=O) groups is 1. The predicted octanol–water partition coefficient (Wildman–Crippen LogP) is 5.06. The summed E-state index contributed by atoms with van der Waals surface area (Å²) >= 11 is 0.240. The van der Waals surface area contributed by atoms with Crippen LogP contribution in [-0.2, 0) is 12.3 Å². The number of nitrogens with one attached hydrogen (secondary N) is 1. The summed E-state index contributed by atoms with van der Waals surface area (Å²) in [4.78, 5) is 28.7. The van der Waals surface area contributed by atoms with Gasteiger partial charge in [0.2, 0.25) is 11.8 Å². The first-order valence-corrected chi connectivity index (χ1v) is 10.5. The number of benzene rings is 2. The van der Waals surface area contributed by atoms with E-state index >= 15 is 0 Å². The molecule has 4 aromatic rings. The van der Waals surface area contributed by atoms with E-state index in [9.17, 15) is 23.5 Å². The van der Waals surface area contributed by atoms with E-state index in [4.69, 9.17) is 4.42 Å². The molecular weight excluding hydrogens is 438 g/mol. The van der Waals surface area contributed by atoms with E-state index in [1.54, 1.807) is 6.92 Å². The first-order chi connectivity index (χ1) is 15.3. The number of halogens is 2. The fraction of sp³-hybridized carbons (Fsp3) is 0.174. The second-order valence-corrected chi connectivity index (χ2v) is 8.14. The lowest BCUT2D eigenvalue weighted by Gasteiger charge is -2.15. The third kappa shape index (κ3) is 4.24. The Morgan fingerprint density at radius 3 is 2.47 bits per heavy atom. The van der Waals surface area contributed by atoms with Crippen LogP contribution in [0.15, 0.2) is 63.8 Å². The van der Waals surface area contributed by atoms with Gasteiger partial charge in [0.25, 0.3) is 0 Å². The molecule has 0 aliphatic heterocycles. The number of aromatic nitrogens is 2. The van der Waals surface area contributed by atoms with Crippen molar-refractivity contribution in [2.75, 3.05) is 0 Å². The number of H-pyrrole nitrogens is 1. The van der Waals surface area contributed by atoms with Gasteiger partial charge in [0, 0.05) is 29.5 Å². The van der Waals surface area contributed by atoms with E-state index in [0.717, 1.165) is 17.7 Å². The lowest BCUT2D eigenvalue weighted by Crippen LogP contribution is -2.14. The highest BCUT2D eigenvalue weighted by molar-refractivity contribution is 7.09. The Labute approximate surface area is 185 Å². The number of oxazole rings is 1. The van der Waals surface area contributed by atoms with Crippen LogP contribution in [-0.4, -0.2) is 20.9 Å². The molecule has 9 heteroatoms. The van der Waals surface area contributed by atoms with Crippen molar-refractivity contribution in [1.29, 1.82) is 0 Å². The van der Waals surface area contributed by atoms with Crippen molar-refractivity contribution in [3.8, 4) is 17.3 Å². The lowest BCUT2D eigenvalue weighted by atomic mass is 10.0. The minimum absolute atomic E-state index is 0.136. The molecule has 0 aliphatic rings. The molecule has 0 aliphatic carbocycles. The summed E-state index contributed by atoms with van der Waals surface area (Å²) in [6.45, 7) is 1.78. The van der Waals surface area contributed by atoms with Crippen molar-refractivity contribution in [3.63, 3.8) is 0 Å². The van der Waals surface area contributed by atoms with Gasteiger partial charge in [-0.1, -0.05) is 53.8 Å². The Hall–Kier alpha value is -3.59. The summed E-state index contributed by atoms with van der Waals surface area (Å²) in [5.41, 5.74) is 1.35. The molecule has 0 saturated carbocycles. The second kappa shape index (κ2) is 8.51. The maximum absolute atomic E-state index is 14.6. The Morgan fingerprint density at radius 1 is 1.16 bits per heavy atom. The molecule has 2 aromatic carbocycles. The largest absolute Gasteiger partial charge is 0.494 e. The van der Waals surface area contributed by atoms with Crippen molar-refractivity contribution in [2.24, 2.45) is 0 Å². The predicted molar refractivity (Wildman–Crippen MR) is 115 cm³/mol. The van der Waals surface area contributed by atoms with E-state index in [1.165, 1.54) is 12.1 Å². The molecule has 0 saturated heterocycles. The van der Waals surface area contributed by atoms with Crippen LogP contribution in [0.25, 0.3) is 11.5 Å². The van der Waals surface area contributed by atoms with Crippen LogP contribution in [0.3, 0.4) is 0 Å². The lowest BCUT2D eigenvalue weighted by molar-refractivity contribution is 0.0441. The number of alkyl halides is 2. The zero-order valence-electron chi connectivity index (χ0n) is 16.9. The quantitative estimate of drug-likeness (QED) is 0.379. The molecule has 6 nitrogen and oxygen atoms in total. The van der Waals surface area contributed by atoms with Crippen LogP contribution in [0, 0.1) is 6.92 Å². The highest BCUT2D eigenvalue weighted by Crippen LogP contribution is 2.41. The van der Waals surface area contributed by atoms with Crippen molar-refractivity contribution in [3.05, 3.63) is 91.7 Å². The summed E-state index contributed by atoms with van der Waals surface area (Å²) < 4.78 is 35.0. The Kier molecular flexibility index (Phi) is 5.75. The van der Waals surface area contributed by atoms with E-state index in [1.807, 2.05) is 35.3 Å². The van der Waals surface area contributed by atoms with Gasteiger partial charge in [-0.3, -0.25) is 14.6 Å². The highest BCUT2D eigenvalue weighted by Gasteiger charge is 2.39. The van der Waals surface area contributed by atoms with Crippen LogP contribution in [0.4, 0.5) is 8.78 Å². The molecule has 2 N–H and O–H groups in total. The number of hydrogen-bond acceptors (Lipinski definition) is 6. The number of aryl methyl sites for hydroxylation is 2. The number of aromatic amines is 1. The molecule has 2 aromatic heterocycles. The molecule has 0 fully saturated rings. The Balaban J connectivity index is 1.45. The molecule has 0 radical (unpaired) electrons. The first kappa shape index (κ1) is 21.6. The minimum Gasteiger partial charge on any atom is -0.494 e. The van der Waals surface area contributed by atoms with Gasteiger partial charge in [-0.25, -0.2) is 4.98 Å². The average Bonchev–Trinajstić information content (AvgIpc) is 3.34. The van der Waals surface area contributed by atoms with Crippen molar-refractivity contribution in [2.45, 2.75) is 25.7 Å². The van der Waals surface area contributed by atoms with E-state index in [2.05, 4.69) is 4.98 Å². The SMILES string of the molecule is Cc1oc(-c2ccccc2)nc1CCC(=O)c1ccc(C(F)(F)c2sc(=O)[nH]c2O)cc1. The van der Waals surface area contributed by atoms with Crippen LogP contribution < -0.4 is 4.87 Å². The Morgan fingerprint density at radius 2 is 1.84 bits per heavy atom. The molecule has 0 amide bonds. The molecule has 0 spiro atoms. The van der Waals surface area contributed by atoms with Gasteiger partial charge in [-0.2, -0.15) is 8.78 Å². The summed E-state index contributed by atoms with van der Waals surface area (Å²) in [5, 5.41) is 9.55. The number of Topliss-reactive ketones (excluding diaryl/α,β-unsaturated/α-hetero) is 1. The third-order valence-electron chi connectivity index (χ3n) is 4.99. The minimum atomic E-state index is -3.57. The number of ketones is 1. The van der Waals surface area contributed by atoms with Crippen LogP contribution in [0.2, 0.25) is 0 Å². The summed E-state index contributed by atoms with van der Waals surface area (Å²) in [7, 11) is 0. The topological polar surface area (TPSA) is 96.2 Å². The molecule has 2 heterocycles. The van der Waals surface area contributed by atoms with E-state index < -0.39 is 27.1 Å². The van der Waals surface area contributed by atoms with Gasteiger partial charge in [0.05, 0.1) is 5.69 Å². The number of rotatable bonds is 7. The number of carbonyl (C=O) groups excluding carboxylic acids is 1. The molecule has 0 unspecified atom stereocenters. The smallest absolute Gasteiger partial charge is 0.312 e. The van der Waals surface area contributed by atoms with Crippen LogP contribution >= 0.6 is 11.3 Å². The fourth-order valence-electron chi connectivity index (χ4n) is 3.27. The first-order valence-electron chi connectivity index (χ1n) is 9.71. The fourth-order valence-corrected chi connectivity index (χ4v) is 4.00. The number of hydrogen-bond donors (Lipinski definition) is 2. The van der Waals surface area contributed by atoms with Gasteiger partial charge in [0.15, 0.2) is 5.78 Å². The monoisotopic (exact) mass is 456 g/mol. The standard InChI is InChI=1S/C23H18F2N2O4S/c1-13-17(26-21(31-13)15-5-3-2-4-6-15)11-12-18(28)14-7-9-16(10-8-14)23(24,25)19-20(29)27-22(30)32-19/h2-10,29H,11-12H2,1H3,(H,27,30). The maximum Gasteiger partial charge on any atom is 0.312 e. The van der Waals surface area contributed by atoms with Crippen molar-refractivity contribution >= 4 is 17.1 Å². The molecule has 32 heavy (non-hydrogen) atoms. The third-order valence-corrected chi connectivity index (χ3v) is 5.93. The Bertz CT molecular complexity index is 1310. The summed E-state index contributed by atoms with van der Waals surface area (Å²) in [5.74, 6) is -3.55. The van der Waals surface area contributed by atoms with E-state index in [-0.39, 0.29) is 29.1 Å². The highest BCUT2D eigenvalue weighted by atomic mass is 32.1. The van der Waals surface area contributed by atoms with Gasteiger partial charge in [-0.15, -0.1) is 0 Å². The zero-order valence-corrected chi connectivity index (χ0v) is 17.7. The van der Waals surface area contributed by atoms with Crippen LogP contribution in [0.5, 0.6) is 5.88 Å². The molecule has 0 atom stereocenters. The molecule has 4 rings (SSSR count). The van der Waals surface area contributed by atoms with Gasteiger partial charge < -0.3 is 9.52 Å². The molecule has 164 valence electrons. The van der Waals surface area contributed by atoms with Gasteiger partial charge in [0.1, 0.15) is 10.6 Å². The number of thiazole rings is 1. The second-order valence-electron chi connectivity index (χ2n) is 7.16. The summed E-state index contributed by atoms with van der Waals surface area (Å²) in [6, 6.07) is 14.3. The summed E-state index contributed by atoms with van der Waals surface area (Å²) in [6.07, 6.45) is 0.488. The van der Waals surface area contributed by atoms with E-state index in [0.29, 0.717) is 23.8 Å².